The molecule has 1 aromatic rings. The van der Waals surface area contributed by atoms with Crippen molar-refractivity contribution in [1.29, 1.82) is 0 Å². The highest BCUT2D eigenvalue weighted by Gasteiger charge is 2.46. The fourth-order valence-corrected chi connectivity index (χ4v) is 4.37. The molecule has 1 nitrogen and oxygen atoms in total. The standard InChI is InChI=1S/C16H24O/c1-16(13-7-2-3-8-13,14-9-4-5-10-14)15-11-6-12-17-15/h6,11-14H,2-5,7-10H2,1H3. The van der Waals surface area contributed by atoms with Gasteiger partial charge in [0.05, 0.1) is 6.26 Å². The zero-order chi connectivity index (χ0) is 11.7. The summed E-state index contributed by atoms with van der Waals surface area (Å²) < 4.78 is 5.82. The second-order valence-corrected chi connectivity index (χ2v) is 6.22. The highest BCUT2D eigenvalue weighted by molar-refractivity contribution is 5.18. The summed E-state index contributed by atoms with van der Waals surface area (Å²) in [6.45, 7) is 2.48. The molecule has 0 radical (unpaired) electrons. The Morgan fingerprint density at radius 2 is 1.53 bits per heavy atom. The Kier molecular flexibility index (Phi) is 3.02. The molecule has 0 aliphatic heterocycles. The van der Waals surface area contributed by atoms with Crippen LogP contribution >= 0.6 is 0 Å². The lowest BCUT2D eigenvalue weighted by Crippen LogP contribution is -2.37. The van der Waals surface area contributed by atoms with Crippen LogP contribution in [0, 0.1) is 11.8 Å². The minimum Gasteiger partial charge on any atom is -0.469 e. The Morgan fingerprint density at radius 1 is 1.00 bits per heavy atom. The second-order valence-electron chi connectivity index (χ2n) is 6.22. The van der Waals surface area contributed by atoms with E-state index in [2.05, 4.69) is 19.1 Å². The molecule has 2 aliphatic rings. The van der Waals surface area contributed by atoms with Crippen LogP contribution in [-0.4, -0.2) is 0 Å². The molecule has 0 unspecified atom stereocenters. The molecule has 0 atom stereocenters. The van der Waals surface area contributed by atoms with Gasteiger partial charge in [0.15, 0.2) is 0 Å². The van der Waals surface area contributed by atoms with Gasteiger partial charge in [-0.15, -0.1) is 0 Å². The molecule has 17 heavy (non-hydrogen) atoms. The smallest absolute Gasteiger partial charge is 0.110 e. The van der Waals surface area contributed by atoms with E-state index in [1.165, 1.54) is 57.1 Å². The minimum atomic E-state index is 0.316. The Bertz CT molecular complexity index is 324. The third kappa shape index (κ3) is 1.84. The van der Waals surface area contributed by atoms with Crippen LogP contribution < -0.4 is 0 Å². The van der Waals surface area contributed by atoms with Crippen molar-refractivity contribution in [3.05, 3.63) is 24.2 Å². The third-order valence-corrected chi connectivity index (χ3v) is 5.46. The molecule has 94 valence electrons. The highest BCUT2D eigenvalue weighted by atomic mass is 16.3. The van der Waals surface area contributed by atoms with Gasteiger partial charge < -0.3 is 4.42 Å². The molecular formula is C16H24O. The van der Waals surface area contributed by atoms with Crippen LogP contribution in [0.3, 0.4) is 0 Å². The normalized spacial score (nSPS) is 23.6. The molecule has 0 amide bonds. The lowest BCUT2D eigenvalue weighted by Gasteiger charge is -2.39. The van der Waals surface area contributed by atoms with Gasteiger partial charge >= 0.3 is 0 Å². The summed E-state index contributed by atoms with van der Waals surface area (Å²) in [4.78, 5) is 0. The van der Waals surface area contributed by atoms with Crippen molar-refractivity contribution in [2.24, 2.45) is 11.8 Å². The molecule has 1 aromatic heterocycles. The van der Waals surface area contributed by atoms with E-state index in [4.69, 9.17) is 4.42 Å². The first-order chi connectivity index (χ1) is 8.32. The first kappa shape index (κ1) is 11.4. The first-order valence-electron chi connectivity index (χ1n) is 7.36. The average Bonchev–Trinajstić information content (AvgIpc) is 3.10. The predicted octanol–water partition coefficient (Wildman–Crippen LogP) is 4.92. The van der Waals surface area contributed by atoms with Crippen LogP contribution in [0.4, 0.5) is 0 Å². The van der Waals surface area contributed by atoms with E-state index in [9.17, 15) is 0 Å². The Balaban J connectivity index is 1.93. The van der Waals surface area contributed by atoms with E-state index in [-0.39, 0.29) is 0 Å². The average molecular weight is 232 g/mol. The van der Waals surface area contributed by atoms with Crippen LogP contribution in [-0.2, 0) is 5.41 Å². The van der Waals surface area contributed by atoms with E-state index in [1.807, 2.05) is 6.26 Å². The van der Waals surface area contributed by atoms with Gasteiger partial charge in [-0.2, -0.15) is 0 Å². The van der Waals surface area contributed by atoms with Gasteiger partial charge in [0, 0.05) is 5.41 Å². The van der Waals surface area contributed by atoms with Crippen molar-refractivity contribution >= 4 is 0 Å². The fourth-order valence-electron chi connectivity index (χ4n) is 4.37. The van der Waals surface area contributed by atoms with E-state index in [0.29, 0.717) is 5.41 Å². The zero-order valence-corrected chi connectivity index (χ0v) is 11.0. The van der Waals surface area contributed by atoms with E-state index in [0.717, 1.165) is 11.8 Å². The van der Waals surface area contributed by atoms with Crippen molar-refractivity contribution < 1.29 is 4.42 Å². The maximum absolute atomic E-state index is 5.82. The van der Waals surface area contributed by atoms with Gasteiger partial charge in [0.25, 0.3) is 0 Å². The molecule has 0 spiro atoms. The first-order valence-corrected chi connectivity index (χ1v) is 7.36. The molecule has 0 saturated heterocycles. The minimum absolute atomic E-state index is 0.316. The van der Waals surface area contributed by atoms with Gasteiger partial charge in [-0.25, -0.2) is 0 Å². The van der Waals surface area contributed by atoms with Gasteiger partial charge in [-0.3, -0.25) is 0 Å². The second kappa shape index (κ2) is 4.51. The summed E-state index contributed by atoms with van der Waals surface area (Å²) in [5.41, 5.74) is 0.316. The summed E-state index contributed by atoms with van der Waals surface area (Å²) in [6.07, 6.45) is 13.2. The lowest BCUT2D eigenvalue weighted by atomic mass is 9.65. The van der Waals surface area contributed by atoms with Crippen LogP contribution in [0.15, 0.2) is 22.8 Å². The van der Waals surface area contributed by atoms with Crippen LogP contribution in [0.5, 0.6) is 0 Å². The van der Waals surface area contributed by atoms with E-state index in [1.54, 1.807) is 0 Å². The number of furan rings is 1. The van der Waals surface area contributed by atoms with E-state index < -0.39 is 0 Å². The Hall–Kier alpha value is -0.720. The van der Waals surface area contributed by atoms with Crippen molar-refractivity contribution in [3.63, 3.8) is 0 Å². The summed E-state index contributed by atoms with van der Waals surface area (Å²) in [5.74, 6) is 2.98. The molecule has 0 bridgehead atoms. The Labute approximate surface area is 105 Å². The summed E-state index contributed by atoms with van der Waals surface area (Å²) >= 11 is 0. The maximum atomic E-state index is 5.82. The predicted molar refractivity (Wildman–Crippen MR) is 70.0 cm³/mol. The fraction of sp³-hybridized carbons (Fsp3) is 0.750. The SMILES string of the molecule is CC(c1ccco1)(C1CCCC1)C1CCCC1. The molecule has 0 N–H and O–H groups in total. The van der Waals surface area contributed by atoms with Crippen molar-refractivity contribution in [3.8, 4) is 0 Å². The van der Waals surface area contributed by atoms with Gasteiger partial charge in [-0.05, 0) is 49.7 Å². The molecule has 2 saturated carbocycles. The molecule has 1 heterocycles. The zero-order valence-electron chi connectivity index (χ0n) is 11.0. The summed E-state index contributed by atoms with van der Waals surface area (Å²) in [7, 11) is 0. The third-order valence-electron chi connectivity index (χ3n) is 5.46. The molecule has 0 aromatic carbocycles. The maximum Gasteiger partial charge on any atom is 0.110 e. The topological polar surface area (TPSA) is 13.1 Å². The van der Waals surface area contributed by atoms with Gasteiger partial charge in [-0.1, -0.05) is 32.6 Å². The Morgan fingerprint density at radius 3 is 1.94 bits per heavy atom. The van der Waals surface area contributed by atoms with Crippen LogP contribution in [0.1, 0.15) is 64.1 Å². The number of rotatable bonds is 3. The summed E-state index contributed by atoms with van der Waals surface area (Å²) in [6, 6.07) is 4.29. The van der Waals surface area contributed by atoms with Crippen molar-refractivity contribution in [2.75, 3.05) is 0 Å². The van der Waals surface area contributed by atoms with Gasteiger partial charge in [0.1, 0.15) is 5.76 Å². The van der Waals surface area contributed by atoms with Crippen molar-refractivity contribution in [2.45, 2.75) is 63.7 Å². The largest absolute Gasteiger partial charge is 0.469 e. The van der Waals surface area contributed by atoms with Crippen molar-refractivity contribution in [1.82, 2.24) is 0 Å². The molecule has 2 fully saturated rings. The van der Waals surface area contributed by atoms with Crippen LogP contribution in [0.2, 0.25) is 0 Å². The summed E-state index contributed by atoms with van der Waals surface area (Å²) in [5, 5.41) is 0. The number of hydrogen-bond acceptors (Lipinski definition) is 1. The molecular weight excluding hydrogens is 208 g/mol. The quantitative estimate of drug-likeness (QED) is 0.721. The molecule has 3 rings (SSSR count). The monoisotopic (exact) mass is 232 g/mol. The van der Waals surface area contributed by atoms with Gasteiger partial charge in [0.2, 0.25) is 0 Å². The number of hydrogen-bond donors (Lipinski definition) is 0. The molecule has 1 heteroatoms. The lowest BCUT2D eigenvalue weighted by molar-refractivity contribution is 0.158. The van der Waals surface area contributed by atoms with Crippen LogP contribution in [0.25, 0.3) is 0 Å². The van der Waals surface area contributed by atoms with E-state index >= 15 is 0 Å². The molecule has 2 aliphatic carbocycles. The highest BCUT2D eigenvalue weighted by Crippen LogP contribution is 2.51.